The lowest BCUT2D eigenvalue weighted by Crippen LogP contribution is -2.15. The summed E-state index contributed by atoms with van der Waals surface area (Å²) < 4.78 is 1.49. The number of carboxylic acid groups (broad SMARTS) is 1. The van der Waals surface area contributed by atoms with E-state index < -0.39 is 5.97 Å². The molecule has 5 nitrogen and oxygen atoms in total. The van der Waals surface area contributed by atoms with E-state index in [0.717, 1.165) is 5.56 Å². The minimum Gasteiger partial charge on any atom is -0.481 e. The number of aliphatic carboxylic acids is 1. The lowest BCUT2D eigenvalue weighted by atomic mass is 10.3. The zero-order valence-corrected chi connectivity index (χ0v) is 10.6. The van der Waals surface area contributed by atoms with Gasteiger partial charge in [-0.05, 0) is 18.6 Å². The number of carbonyl (C=O) groups is 1. The molecule has 0 aromatic carbocycles. The van der Waals surface area contributed by atoms with Crippen LogP contribution >= 0.6 is 11.8 Å². The molecule has 0 spiro atoms. The molecular weight excluding hydrogens is 252 g/mol. The van der Waals surface area contributed by atoms with Crippen LogP contribution in [0.2, 0.25) is 0 Å². The lowest BCUT2D eigenvalue weighted by Gasteiger charge is -2.04. The van der Waals surface area contributed by atoms with Crippen molar-refractivity contribution in [2.24, 2.45) is 0 Å². The van der Waals surface area contributed by atoms with Gasteiger partial charge in [-0.25, -0.2) is 4.98 Å². The molecule has 0 unspecified atom stereocenters. The lowest BCUT2D eigenvalue weighted by molar-refractivity contribution is -0.133. The molecule has 0 aliphatic rings. The van der Waals surface area contributed by atoms with Crippen LogP contribution in [-0.4, -0.2) is 26.2 Å². The Morgan fingerprint density at radius 1 is 1.50 bits per heavy atom. The number of hydrogen-bond donors (Lipinski definition) is 1. The quantitative estimate of drug-likeness (QED) is 0.901. The standard InChI is InChI=1S/C12H12N2O3S/c1-8-2-3-10-13-9(6-18-7-12(16)17)4-11(15)14(10)5-8/h2-5H,6-7H2,1H3,(H,16,17). The van der Waals surface area contributed by atoms with Gasteiger partial charge in [0.05, 0.1) is 11.4 Å². The van der Waals surface area contributed by atoms with Gasteiger partial charge in [0.2, 0.25) is 0 Å². The van der Waals surface area contributed by atoms with Gasteiger partial charge in [-0.15, -0.1) is 11.8 Å². The monoisotopic (exact) mass is 264 g/mol. The number of thioether (sulfide) groups is 1. The molecule has 0 bridgehead atoms. The first kappa shape index (κ1) is 12.6. The third-order valence-electron chi connectivity index (χ3n) is 2.34. The zero-order chi connectivity index (χ0) is 13.1. The number of rotatable bonds is 4. The van der Waals surface area contributed by atoms with Crippen molar-refractivity contribution < 1.29 is 9.90 Å². The van der Waals surface area contributed by atoms with E-state index in [1.54, 1.807) is 12.3 Å². The van der Waals surface area contributed by atoms with Gasteiger partial charge in [-0.1, -0.05) is 6.07 Å². The van der Waals surface area contributed by atoms with Crippen molar-refractivity contribution in [3.05, 3.63) is 46.0 Å². The number of carboxylic acids is 1. The first-order valence-electron chi connectivity index (χ1n) is 5.35. The van der Waals surface area contributed by atoms with E-state index in [2.05, 4.69) is 4.98 Å². The highest BCUT2D eigenvalue weighted by Crippen LogP contribution is 2.10. The van der Waals surface area contributed by atoms with Gasteiger partial charge < -0.3 is 5.11 Å². The summed E-state index contributed by atoms with van der Waals surface area (Å²) in [5.74, 6) is -0.436. The van der Waals surface area contributed by atoms with Gasteiger partial charge in [-0.2, -0.15) is 0 Å². The van der Waals surface area contributed by atoms with E-state index in [4.69, 9.17) is 5.11 Å². The molecule has 0 fully saturated rings. The largest absolute Gasteiger partial charge is 0.481 e. The second kappa shape index (κ2) is 5.22. The van der Waals surface area contributed by atoms with E-state index in [1.807, 2.05) is 13.0 Å². The molecular formula is C12H12N2O3S. The van der Waals surface area contributed by atoms with Crippen LogP contribution in [0.1, 0.15) is 11.3 Å². The topological polar surface area (TPSA) is 71.7 Å². The first-order valence-corrected chi connectivity index (χ1v) is 6.50. The highest BCUT2D eigenvalue weighted by molar-refractivity contribution is 7.99. The maximum Gasteiger partial charge on any atom is 0.313 e. The highest BCUT2D eigenvalue weighted by atomic mass is 32.2. The Balaban J connectivity index is 2.29. The van der Waals surface area contributed by atoms with Crippen molar-refractivity contribution in [3.63, 3.8) is 0 Å². The minimum atomic E-state index is -0.867. The van der Waals surface area contributed by atoms with E-state index in [-0.39, 0.29) is 11.3 Å². The summed E-state index contributed by atoms with van der Waals surface area (Å²) in [5, 5.41) is 8.54. The Hall–Kier alpha value is -1.82. The molecule has 2 rings (SSSR count). The van der Waals surface area contributed by atoms with Crippen molar-refractivity contribution in [1.82, 2.24) is 9.38 Å². The SMILES string of the molecule is Cc1ccc2nc(CSCC(=O)O)cc(=O)n2c1. The predicted octanol–water partition coefficient (Wildman–Crippen LogP) is 1.32. The number of hydrogen-bond acceptors (Lipinski definition) is 4. The normalized spacial score (nSPS) is 10.7. The van der Waals surface area contributed by atoms with Gasteiger partial charge in [0, 0.05) is 18.0 Å². The van der Waals surface area contributed by atoms with Crippen LogP contribution < -0.4 is 5.56 Å². The molecule has 0 aliphatic heterocycles. The van der Waals surface area contributed by atoms with Crippen LogP contribution in [0.25, 0.3) is 5.65 Å². The van der Waals surface area contributed by atoms with Crippen LogP contribution in [0.4, 0.5) is 0 Å². The van der Waals surface area contributed by atoms with Gasteiger partial charge in [0.1, 0.15) is 5.65 Å². The second-order valence-corrected chi connectivity index (χ2v) is 4.89. The zero-order valence-electron chi connectivity index (χ0n) is 9.79. The van der Waals surface area contributed by atoms with Crippen molar-refractivity contribution in [3.8, 4) is 0 Å². The molecule has 2 aromatic rings. The Morgan fingerprint density at radius 2 is 2.28 bits per heavy atom. The Bertz CT molecular complexity index is 651. The molecule has 18 heavy (non-hydrogen) atoms. The number of nitrogens with zero attached hydrogens (tertiary/aromatic N) is 2. The van der Waals surface area contributed by atoms with E-state index >= 15 is 0 Å². The van der Waals surface area contributed by atoms with Crippen LogP contribution in [0.15, 0.2) is 29.2 Å². The van der Waals surface area contributed by atoms with E-state index in [1.165, 1.54) is 22.2 Å². The highest BCUT2D eigenvalue weighted by Gasteiger charge is 2.04. The number of aromatic nitrogens is 2. The second-order valence-electron chi connectivity index (χ2n) is 3.91. The number of aryl methyl sites for hydroxylation is 1. The summed E-state index contributed by atoms with van der Waals surface area (Å²) in [6.07, 6.45) is 1.73. The van der Waals surface area contributed by atoms with Crippen molar-refractivity contribution >= 4 is 23.4 Å². The summed E-state index contributed by atoms with van der Waals surface area (Å²) in [5.41, 5.74) is 2.03. The molecule has 0 aliphatic carbocycles. The summed E-state index contributed by atoms with van der Waals surface area (Å²) in [4.78, 5) is 26.6. The molecule has 94 valence electrons. The smallest absolute Gasteiger partial charge is 0.313 e. The molecule has 0 radical (unpaired) electrons. The van der Waals surface area contributed by atoms with Gasteiger partial charge in [0.25, 0.3) is 5.56 Å². The summed E-state index contributed by atoms with van der Waals surface area (Å²) in [6, 6.07) is 5.11. The fourth-order valence-corrected chi connectivity index (χ4v) is 2.21. The van der Waals surface area contributed by atoms with E-state index in [9.17, 15) is 9.59 Å². The van der Waals surface area contributed by atoms with Crippen LogP contribution in [0, 0.1) is 6.92 Å². The van der Waals surface area contributed by atoms with Crippen LogP contribution in [0.3, 0.4) is 0 Å². The van der Waals surface area contributed by atoms with E-state index in [0.29, 0.717) is 17.1 Å². The predicted molar refractivity (Wildman–Crippen MR) is 70.0 cm³/mol. The molecule has 6 heteroatoms. The first-order chi connectivity index (χ1) is 8.56. The molecule has 2 aromatic heterocycles. The molecule has 0 saturated heterocycles. The Morgan fingerprint density at radius 3 is 3.00 bits per heavy atom. The molecule has 0 atom stereocenters. The fourth-order valence-electron chi connectivity index (χ4n) is 1.58. The third kappa shape index (κ3) is 2.89. The van der Waals surface area contributed by atoms with Crippen LogP contribution in [-0.2, 0) is 10.5 Å². The summed E-state index contributed by atoms with van der Waals surface area (Å²) in [7, 11) is 0. The maximum atomic E-state index is 11.8. The number of pyridine rings is 1. The average molecular weight is 264 g/mol. The third-order valence-corrected chi connectivity index (χ3v) is 3.29. The summed E-state index contributed by atoms with van der Waals surface area (Å²) >= 11 is 1.22. The number of fused-ring (bicyclic) bond motifs is 1. The Kier molecular flexibility index (Phi) is 3.66. The van der Waals surface area contributed by atoms with Crippen LogP contribution in [0.5, 0.6) is 0 Å². The average Bonchev–Trinajstić information content (AvgIpc) is 2.30. The van der Waals surface area contributed by atoms with Crippen molar-refractivity contribution in [2.45, 2.75) is 12.7 Å². The molecule has 0 amide bonds. The maximum absolute atomic E-state index is 11.8. The molecule has 2 heterocycles. The fraction of sp³-hybridized carbons (Fsp3) is 0.250. The molecule has 1 N–H and O–H groups in total. The minimum absolute atomic E-state index is 0.00888. The van der Waals surface area contributed by atoms with Gasteiger partial charge >= 0.3 is 5.97 Å². The summed E-state index contributed by atoms with van der Waals surface area (Å²) in [6.45, 7) is 1.91. The van der Waals surface area contributed by atoms with Crippen molar-refractivity contribution in [2.75, 3.05) is 5.75 Å². The van der Waals surface area contributed by atoms with Crippen molar-refractivity contribution in [1.29, 1.82) is 0 Å². The van der Waals surface area contributed by atoms with Gasteiger partial charge in [0.15, 0.2) is 0 Å². The van der Waals surface area contributed by atoms with Gasteiger partial charge in [-0.3, -0.25) is 14.0 Å². The Labute approximate surface area is 107 Å². The molecule has 0 saturated carbocycles.